The van der Waals surface area contributed by atoms with Gasteiger partial charge in [-0.05, 0) is 57.9 Å². The Balaban J connectivity index is 1.72. The zero-order valence-electron chi connectivity index (χ0n) is 42.4. The molecule has 1 aliphatic rings. The predicted molar refractivity (Wildman–Crippen MR) is 270 cm³/mol. The SMILES string of the molecule is CC(C)[C@H](NC(=O)[C@H](C)NC(=O)[C@H](Cc1c[nH]cn1)NC(=O)[C@H](CCC(N)=O)NC(=O)[C@H](CCCCN)NC(=O)[C@H](CO)NC(=O)[C@H](CS)NC(=O)[C@H](CO)NC(=O)[C@@H]1CCCN1C(=O)[C@@H](N)Cc1c[nH]cn1)C(=O)O. The van der Waals surface area contributed by atoms with E-state index >= 15 is 0 Å². The van der Waals surface area contributed by atoms with Crippen molar-refractivity contribution in [1.29, 1.82) is 0 Å². The van der Waals surface area contributed by atoms with Crippen LogP contribution in [0.3, 0.4) is 0 Å². The van der Waals surface area contributed by atoms with Crippen LogP contribution in [0.1, 0.15) is 77.1 Å². The first-order valence-corrected chi connectivity index (χ1v) is 25.2. The van der Waals surface area contributed by atoms with E-state index in [-0.39, 0.29) is 50.9 Å². The minimum absolute atomic E-state index is 0.0948. The van der Waals surface area contributed by atoms with E-state index in [1.807, 2.05) is 0 Å². The Kier molecular flexibility index (Phi) is 26.2. The van der Waals surface area contributed by atoms with Gasteiger partial charge in [-0.2, -0.15) is 12.6 Å². The number of hydrogen-bond acceptors (Lipinski definition) is 18. The molecular formula is C45H72N16O14S. The molecule has 0 unspecified atom stereocenters. The van der Waals surface area contributed by atoms with Crippen molar-refractivity contribution in [2.75, 3.05) is 32.1 Å². The van der Waals surface area contributed by atoms with E-state index in [1.54, 1.807) is 20.0 Å². The molecule has 0 aromatic carbocycles. The average molecular weight is 1090 g/mol. The van der Waals surface area contributed by atoms with Crippen molar-refractivity contribution in [3.63, 3.8) is 0 Å². The van der Waals surface area contributed by atoms with Gasteiger partial charge in [0.05, 0.1) is 43.3 Å². The number of thiol groups is 1. The molecule has 3 heterocycles. The van der Waals surface area contributed by atoms with E-state index in [0.29, 0.717) is 18.5 Å². The van der Waals surface area contributed by atoms with E-state index in [9.17, 15) is 68.1 Å². The fraction of sp³-hybridized carbons (Fsp3) is 0.622. The van der Waals surface area contributed by atoms with Gasteiger partial charge in [0.2, 0.25) is 59.1 Å². The first-order valence-electron chi connectivity index (χ1n) is 24.5. The molecule has 76 heavy (non-hydrogen) atoms. The van der Waals surface area contributed by atoms with Gasteiger partial charge in [0, 0.05) is 44.0 Å². The lowest BCUT2D eigenvalue weighted by molar-refractivity contribution is -0.143. The number of carboxylic acids is 1. The molecule has 10 amide bonds. The van der Waals surface area contributed by atoms with Gasteiger partial charge >= 0.3 is 5.97 Å². The summed E-state index contributed by atoms with van der Waals surface area (Å²) in [5.74, 6) is -11.3. The fourth-order valence-electron chi connectivity index (χ4n) is 7.75. The topological polar surface area (TPSA) is 483 Å². The highest BCUT2D eigenvalue weighted by molar-refractivity contribution is 7.80. The largest absolute Gasteiger partial charge is 0.480 e. The van der Waals surface area contributed by atoms with E-state index in [1.165, 1.54) is 30.7 Å². The molecule has 422 valence electrons. The normalized spacial score (nSPS) is 16.8. The third-order valence-electron chi connectivity index (χ3n) is 12.1. The Morgan fingerprint density at radius 1 is 0.684 bits per heavy atom. The lowest BCUT2D eigenvalue weighted by Crippen LogP contribution is -2.61. The highest BCUT2D eigenvalue weighted by atomic mass is 32.1. The van der Waals surface area contributed by atoms with Gasteiger partial charge in [0.1, 0.15) is 54.4 Å². The van der Waals surface area contributed by atoms with Crippen LogP contribution in [0, 0.1) is 5.92 Å². The summed E-state index contributed by atoms with van der Waals surface area (Å²) >= 11 is 4.13. The number of carbonyl (C=O) groups is 11. The second kappa shape index (κ2) is 31.6. The van der Waals surface area contributed by atoms with Crippen LogP contribution in [0.15, 0.2) is 25.0 Å². The number of rotatable bonds is 33. The maximum Gasteiger partial charge on any atom is 0.326 e. The van der Waals surface area contributed by atoms with Crippen LogP contribution in [0.25, 0.3) is 0 Å². The van der Waals surface area contributed by atoms with E-state index in [0.717, 1.165) is 0 Å². The number of carbonyl (C=O) groups excluding carboxylic acids is 10. The lowest BCUT2D eigenvalue weighted by Gasteiger charge is -2.28. The highest BCUT2D eigenvalue weighted by Crippen LogP contribution is 2.19. The van der Waals surface area contributed by atoms with Crippen molar-refractivity contribution in [1.82, 2.24) is 67.4 Å². The number of likely N-dealkylation sites (tertiary alicyclic amines) is 1. The number of carboxylic acid groups (broad SMARTS) is 1. The van der Waals surface area contributed by atoms with Gasteiger partial charge < -0.3 is 89.9 Å². The van der Waals surface area contributed by atoms with Crippen molar-refractivity contribution in [2.45, 2.75) is 139 Å². The molecule has 0 radical (unpaired) electrons. The smallest absolute Gasteiger partial charge is 0.326 e. The van der Waals surface area contributed by atoms with Gasteiger partial charge in [-0.3, -0.25) is 47.9 Å². The van der Waals surface area contributed by atoms with Gasteiger partial charge in [0.25, 0.3) is 0 Å². The summed E-state index contributed by atoms with van der Waals surface area (Å²) in [4.78, 5) is 160. The molecule has 2 aromatic rings. The number of nitrogens with one attached hydrogen (secondary N) is 10. The van der Waals surface area contributed by atoms with Crippen molar-refractivity contribution in [2.24, 2.45) is 23.1 Å². The highest BCUT2D eigenvalue weighted by Gasteiger charge is 2.39. The fourth-order valence-corrected chi connectivity index (χ4v) is 8.01. The number of nitrogens with two attached hydrogens (primary N) is 3. The number of H-pyrrole nitrogens is 2. The number of aliphatic hydroxyl groups is 2. The van der Waals surface area contributed by atoms with Crippen molar-refractivity contribution in [3.8, 4) is 0 Å². The van der Waals surface area contributed by atoms with E-state index in [4.69, 9.17) is 17.2 Å². The average Bonchev–Trinajstić information content (AvgIpc) is 4.20. The summed E-state index contributed by atoms with van der Waals surface area (Å²) in [6, 6.07) is -14.1. The Hall–Kier alpha value is -7.22. The monoisotopic (exact) mass is 1090 g/mol. The summed E-state index contributed by atoms with van der Waals surface area (Å²) in [5.41, 5.74) is 18.0. The summed E-state index contributed by atoms with van der Waals surface area (Å²) in [7, 11) is 0. The summed E-state index contributed by atoms with van der Waals surface area (Å²) < 4.78 is 0. The maximum atomic E-state index is 14.0. The summed E-state index contributed by atoms with van der Waals surface area (Å²) in [5, 5.41) is 49.0. The zero-order chi connectivity index (χ0) is 56.6. The van der Waals surface area contributed by atoms with Crippen LogP contribution in [-0.2, 0) is 65.6 Å². The molecule has 10 atom stereocenters. The number of aromatic amines is 2. The number of primary amides is 1. The van der Waals surface area contributed by atoms with Crippen LogP contribution >= 0.6 is 12.6 Å². The van der Waals surface area contributed by atoms with Crippen molar-refractivity contribution < 1.29 is 68.1 Å². The molecule has 0 bridgehead atoms. The lowest BCUT2D eigenvalue weighted by atomic mass is 10.0. The molecule has 3 rings (SSSR count). The molecule has 0 spiro atoms. The molecule has 2 aromatic heterocycles. The zero-order valence-corrected chi connectivity index (χ0v) is 43.3. The van der Waals surface area contributed by atoms with Crippen LogP contribution in [0.4, 0.5) is 0 Å². The molecule has 30 nitrogen and oxygen atoms in total. The number of hydrogen-bond donors (Lipinski definition) is 17. The Labute approximate surface area is 442 Å². The Morgan fingerprint density at radius 3 is 1.70 bits per heavy atom. The molecular weight excluding hydrogens is 1020 g/mol. The second-order valence-electron chi connectivity index (χ2n) is 18.3. The minimum Gasteiger partial charge on any atom is -0.480 e. The third-order valence-corrected chi connectivity index (χ3v) is 12.4. The van der Waals surface area contributed by atoms with Crippen LogP contribution in [0.2, 0.25) is 0 Å². The molecule has 1 saturated heterocycles. The first kappa shape index (κ1) is 63.1. The van der Waals surface area contributed by atoms with Gasteiger partial charge in [-0.1, -0.05) is 13.8 Å². The Bertz CT molecular complexity index is 2290. The van der Waals surface area contributed by atoms with Crippen molar-refractivity contribution >= 4 is 77.7 Å². The molecule has 0 saturated carbocycles. The van der Waals surface area contributed by atoms with Crippen molar-refractivity contribution in [3.05, 3.63) is 36.4 Å². The summed E-state index contributed by atoms with van der Waals surface area (Å²) in [6.07, 6.45) is 5.86. The number of imidazole rings is 2. The number of unbranched alkanes of at least 4 members (excludes halogenated alkanes) is 1. The van der Waals surface area contributed by atoms with E-state index in [2.05, 4.69) is 75.1 Å². The standard InChI is InChI=1S/C45H72N16O14S/c1-22(2)35(45(74)75)60-36(65)23(3)53-39(68)29(14-25-16-50-21-52-25)56-38(67)28(9-10-34(48)64)55-37(66)27(7-4-5-11-46)54-40(69)30(17-62)57-42(71)32(19-76)59-41(70)31(18-63)58-43(72)33-8-6-12-61(33)44(73)26(47)13-24-15-49-20-51-24/h15-16,20-23,26-33,35,62-63,76H,4-14,17-19,46-47H2,1-3H3,(H2,48,64)(H,49,51)(H,50,52)(H,53,68)(H,54,69)(H,55,66)(H,56,67)(H,57,71)(H,58,72)(H,59,70)(H,60,65)(H,74,75)/t23-,26-,27-,28-,29-,30-,31-,32-,33-,35-/m0/s1. The molecule has 1 fully saturated rings. The predicted octanol–water partition coefficient (Wildman–Crippen LogP) is -6.82. The van der Waals surface area contributed by atoms with Crippen LogP contribution in [-0.4, -0.2) is 198 Å². The molecule has 0 aliphatic carbocycles. The number of aromatic nitrogens is 4. The number of nitrogens with zero attached hydrogens (tertiary/aromatic N) is 3. The summed E-state index contributed by atoms with van der Waals surface area (Å²) in [6.45, 7) is 2.84. The number of aliphatic carboxylic acids is 1. The quantitative estimate of drug-likeness (QED) is 0.0233. The van der Waals surface area contributed by atoms with Gasteiger partial charge in [-0.15, -0.1) is 0 Å². The third kappa shape index (κ3) is 19.8. The Morgan fingerprint density at radius 2 is 1.18 bits per heavy atom. The molecule has 31 heteroatoms. The molecule has 1 aliphatic heterocycles. The second-order valence-corrected chi connectivity index (χ2v) is 18.7. The minimum atomic E-state index is -1.77. The molecule has 19 N–H and O–H groups in total. The first-order chi connectivity index (χ1) is 36.0. The van der Waals surface area contributed by atoms with Crippen LogP contribution < -0.4 is 59.7 Å². The van der Waals surface area contributed by atoms with Gasteiger partial charge in [-0.25, -0.2) is 14.8 Å². The maximum absolute atomic E-state index is 14.0. The number of aliphatic hydroxyl groups excluding tert-OH is 2. The van der Waals surface area contributed by atoms with Gasteiger partial charge in [0.15, 0.2) is 0 Å². The number of amides is 10. The van der Waals surface area contributed by atoms with E-state index < -0.39 is 163 Å². The van der Waals surface area contributed by atoms with Crippen LogP contribution in [0.5, 0.6) is 0 Å².